The van der Waals surface area contributed by atoms with Crippen molar-refractivity contribution in [3.63, 3.8) is 0 Å². The lowest BCUT2D eigenvalue weighted by Gasteiger charge is -2.40. The van der Waals surface area contributed by atoms with E-state index in [1.165, 1.54) is 89.5 Å². The molecule has 44 heavy (non-hydrogen) atoms. The smallest absolute Gasteiger partial charge is 0.00894 e. The third-order valence-corrected chi connectivity index (χ3v) is 11.6. The first-order chi connectivity index (χ1) is 21.2. The summed E-state index contributed by atoms with van der Waals surface area (Å²) in [7, 11) is 0. The van der Waals surface area contributed by atoms with Crippen LogP contribution >= 0.6 is 0 Å². The van der Waals surface area contributed by atoms with Gasteiger partial charge in [0, 0.05) is 0 Å². The van der Waals surface area contributed by atoms with E-state index in [1.807, 2.05) is 0 Å². The second-order valence-electron chi connectivity index (χ2n) is 15.6. The van der Waals surface area contributed by atoms with Gasteiger partial charge < -0.3 is 0 Å². The van der Waals surface area contributed by atoms with E-state index in [1.54, 1.807) is 5.56 Å². The zero-order valence-corrected chi connectivity index (χ0v) is 28.5. The molecule has 0 nitrogen and oxygen atoms in total. The molecule has 0 radical (unpaired) electrons. The molecule has 3 fully saturated rings. The highest BCUT2D eigenvalue weighted by Gasteiger charge is 2.34. The van der Waals surface area contributed by atoms with Crippen LogP contribution in [0.1, 0.15) is 145 Å². The van der Waals surface area contributed by atoms with Crippen LogP contribution in [0.2, 0.25) is 0 Å². The van der Waals surface area contributed by atoms with Crippen LogP contribution in [0.15, 0.2) is 84.4 Å². The van der Waals surface area contributed by atoms with Gasteiger partial charge in [-0.2, -0.15) is 0 Å². The molecule has 3 saturated carbocycles. The maximum absolute atomic E-state index is 2.58. The van der Waals surface area contributed by atoms with Crippen LogP contribution in [0, 0.1) is 17.8 Å². The van der Waals surface area contributed by atoms with Gasteiger partial charge in [-0.1, -0.05) is 132 Å². The zero-order chi connectivity index (χ0) is 30.8. The van der Waals surface area contributed by atoms with Crippen molar-refractivity contribution < 1.29 is 0 Å². The number of rotatable bonds is 6. The van der Waals surface area contributed by atoms with Crippen molar-refractivity contribution in [2.45, 2.75) is 123 Å². The lowest BCUT2D eigenvalue weighted by atomic mass is 9.65. The van der Waals surface area contributed by atoms with Gasteiger partial charge in [0.1, 0.15) is 0 Å². The molecule has 2 bridgehead atoms. The molecule has 4 aliphatic rings. The lowest BCUT2D eigenvalue weighted by Crippen LogP contribution is -2.27. The van der Waals surface area contributed by atoms with Gasteiger partial charge in [-0.15, -0.1) is 0 Å². The Balaban J connectivity index is 1.35. The molecule has 3 unspecified atom stereocenters. The summed E-state index contributed by atoms with van der Waals surface area (Å²) in [6.07, 6.45) is 15.8. The lowest BCUT2D eigenvalue weighted by molar-refractivity contribution is 0.137. The Morgan fingerprint density at radius 3 is 1.98 bits per heavy atom. The summed E-state index contributed by atoms with van der Waals surface area (Å²) in [4.78, 5) is 0. The summed E-state index contributed by atoms with van der Waals surface area (Å²) in [5.41, 5.74) is 13.3. The van der Waals surface area contributed by atoms with Crippen LogP contribution in [0.5, 0.6) is 0 Å². The topological polar surface area (TPSA) is 0 Å². The van der Waals surface area contributed by atoms with E-state index in [4.69, 9.17) is 0 Å². The SMILES string of the molecule is CCc1ccc(C2=CC(c3ccc(C(C)(C)C)cc3)=C(C)CCC(c3ccc(C4CCCC5CC(C5)C4)cc3)C2CC)cc1. The highest BCUT2D eigenvalue weighted by atomic mass is 14.4. The van der Waals surface area contributed by atoms with Crippen LogP contribution in [-0.4, -0.2) is 0 Å². The van der Waals surface area contributed by atoms with E-state index in [9.17, 15) is 0 Å². The maximum atomic E-state index is 2.58. The standard InChI is InChI=1S/C44H56/c1-7-31-13-15-37(16-14-31)43-29-42(36-21-23-39(24-22-36)44(4,5)6)30(3)12-25-41(40(43)8-2)35-19-17-34(18-20-35)38-11-9-10-32-26-33(27-32)28-38/h13-24,29,32-33,38,40-41H,7-12,25-28H2,1-6H3. The Kier molecular flexibility index (Phi) is 9.37. The number of hydrogen-bond acceptors (Lipinski definition) is 0. The Hall–Kier alpha value is -2.86. The fraction of sp³-hybridized carbons (Fsp3) is 0.500. The molecule has 232 valence electrons. The van der Waals surface area contributed by atoms with Gasteiger partial charge in [0.15, 0.2) is 0 Å². The van der Waals surface area contributed by atoms with E-state index in [0.717, 1.165) is 37.0 Å². The second-order valence-corrected chi connectivity index (χ2v) is 15.6. The van der Waals surface area contributed by atoms with Gasteiger partial charge in [0.05, 0.1) is 0 Å². The van der Waals surface area contributed by atoms with Gasteiger partial charge in [-0.25, -0.2) is 0 Å². The van der Waals surface area contributed by atoms with E-state index in [2.05, 4.69) is 120 Å². The van der Waals surface area contributed by atoms with Gasteiger partial charge in [0.2, 0.25) is 0 Å². The summed E-state index contributed by atoms with van der Waals surface area (Å²) in [6.45, 7) is 14.0. The molecule has 3 atom stereocenters. The second kappa shape index (κ2) is 13.2. The van der Waals surface area contributed by atoms with Gasteiger partial charge in [0.25, 0.3) is 0 Å². The Labute approximate surface area is 269 Å². The fourth-order valence-corrected chi connectivity index (χ4v) is 8.72. The van der Waals surface area contributed by atoms with Crippen LogP contribution in [0.4, 0.5) is 0 Å². The van der Waals surface area contributed by atoms with Gasteiger partial charge in [-0.05, 0) is 138 Å². The Morgan fingerprint density at radius 2 is 1.34 bits per heavy atom. The zero-order valence-electron chi connectivity index (χ0n) is 28.5. The minimum Gasteiger partial charge on any atom is -0.0654 e. The molecule has 4 aliphatic carbocycles. The van der Waals surface area contributed by atoms with Crippen LogP contribution in [0.25, 0.3) is 11.1 Å². The van der Waals surface area contributed by atoms with E-state index in [-0.39, 0.29) is 5.41 Å². The minimum atomic E-state index is 0.163. The molecule has 0 amide bonds. The summed E-state index contributed by atoms with van der Waals surface area (Å²) >= 11 is 0. The fourth-order valence-electron chi connectivity index (χ4n) is 8.72. The van der Waals surface area contributed by atoms with Crippen molar-refractivity contribution >= 4 is 11.1 Å². The number of fused-ring (bicyclic) bond motifs is 4. The average Bonchev–Trinajstić information content (AvgIpc) is 2.98. The number of hydrogen-bond donors (Lipinski definition) is 0. The molecule has 0 saturated heterocycles. The number of benzene rings is 3. The Bertz CT molecular complexity index is 1450. The van der Waals surface area contributed by atoms with Crippen molar-refractivity contribution in [3.05, 3.63) is 118 Å². The molecule has 3 aromatic rings. The van der Waals surface area contributed by atoms with Gasteiger partial charge in [-0.3, -0.25) is 0 Å². The first kappa shape index (κ1) is 31.1. The molecule has 0 heterocycles. The quantitative estimate of drug-likeness (QED) is 0.270. The van der Waals surface area contributed by atoms with Crippen molar-refractivity contribution in [1.29, 1.82) is 0 Å². The molecular weight excluding hydrogens is 528 g/mol. The van der Waals surface area contributed by atoms with Crippen molar-refractivity contribution in [2.75, 3.05) is 0 Å². The third kappa shape index (κ3) is 6.71. The first-order valence-corrected chi connectivity index (χ1v) is 17.9. The van der Waals surface area contributed by atoms with E-state index < -0.39 is 0 Å². The van der Waals surface area contributed by atoms with E-state index >= 15 is 0 Å². The molecular formula is C44H56. The maximum Gasteiger partial charge on any atom is -0.00894 e. The Morgan fingerprint density at radius 1 is 0.682 bits per heavy atom. The summed E-state index contributed by atoms with van der Waals surface area (Å²) in [5.74, 6) is 3.81. The first-order valence-electron chi connectivity index (χ1n) is 17.9. The molecule has 3 aromatic carbocycles. The monoisotopic (exact) mass is 584 g/mol. The molecule has 0 aromatic heterocycles. The molecule has 7 rings (SSSR count). The summed E-state index contributed by atoms with van der Waals surface area (Å²) in [6, 6.07) is 29.0. The molecule has 0 spiro atoms. The summed E-state index contributed by atoms with van der Waals surface area (Å²) in [5, 5.41) is 0. The highest BCUT2D eigenvalue weighted by molar-refractivity contribution is 5.86. The van der Waals surface area contributed by atoms with Crippen LogP contribution in [0.3, 0.4) is 0 Å². The largest absolute Gasteiger partial charge is 0.0654 e. The molecule has 0 aliphatic heterocycles. The van der Waals surface area contributed by atoms with Crippen molar-refractivity contribution in [3.8, 4) is 0 Å². The number of allylic oxidation sites excluding steroid dienone is 4. The normalized spacial score (nSPS) is 26.1. The minimum absolute atomic E-state index is 0.163. The third-order valence-electron chi connectivity index (χ3n) is 11.6. The summed E-state index contributed by atoms with van der Waals surface area (Å²) < 4.78 is 0. The predicted octanol–water partition coefficient (Wildman–Crippen LogP) is 12.7. The van der Waals surface area contributed by atoms with Crippen molar-refractivity contribution in [1.82, 2.24) is 0 Å². The van der Waals surface area contributed by atoms with Crippen molar-refractivity contribution in [2.24, 2.45) is 17.8 Å². The van der Waals surface area contributed by atoms with Gasteiger partial charge >= 0.3 is 0 Å². The highest BCUT2D eigenvalue weighted by Crippen LogP contribution is 2.48. The predicted molar refractivity (Wildman–Crippen MR) is 191 cm³/mol. The average molecular weight is 585 g/mol. The van der Waals surface area contributed by atoms with Crippen LogP contribution in [-0.2, 0) is 11.8 Å². The molecule has 0 heteroatoms. The number of aryl methyl sites for hydroxylation is 1. The van der Waals surface area contributed by atoms with E-state index in [0.29, 0.717) is 11.8 Å². The molecule has 0 N–H and O–H groups in total. The van der Waals surface area contributed by atoms with Crippen LogP contribution < -0.4 is 0 Å².